The molecule has 19 heavy (non-hydrogen) atoms. The van der Waals surface area contributed by atoms with Crippen molar-refractivity contribution in [2.24, 2.45) is 0 Å². The molecule has 0 saturated heterocycles. The highest BCUT2D eigenvalue weighted by atomic mass is 127. The summed E-state index contributed by atoms with van der Waals surface area (Å²) in [5.41, 5.74) is -0.105. The lowest BCUT2D eigenvalue weighted by Crippen LogP contribution is -2.40. The van der Waals surface area contributed by atoms with E-state index < -0.39 is 5.54 Å². The summed E-state index contributed by atoms with van der Waals surface area (Å²) in [6, 6.07) is 4.87. The van der Waals surface area contributed by atoms with Gasteiger partial charge in [-0.2, -0.15) is 0 Å². The molecule has 2 rings (SSSR count). The monoisotopic (exact) mass is 388 g/mol. The van der Waals surface area contributed by atoms with Crippen LogP contribution in [0, 0.1) is 3.57 Å². The molecular weight excluding hydrogens is 375 g/mol. The third kappa shape index (κ3) is 3.24. The van der Waals surface area contributed by atoms with Gasteiger partial charge in [0.2, 0.25) is 0 Å². The Balaban J connectivity index is 2.19. The maximum atomic E-state index is 12.2. The number of phenols is 1. The Morgan fingerprint density at radius 2 is 2.21 bits per heavy atom. The minimum absolute atomic E-state index is 0.111. The lowest BCUT2D eigenvalue weighted by molar-refractivity contribution is 0.0911. The first-order valence-corrected chi connectivity index (χ1v) is 7.57. The molecule has 0 spiro atoms. The standard InChI is InChI=1S/C13H13IN2O2S/c1-13(2,12-15-5-6-19-12)16-11(18)8-3-4-9(14)10(17)7-8/h3-7,17H,1-2H3,(H,16,18). The number of rotatable bonds is 3. The summed E-state index contributed by atoms with van der Waals surface area (Å²) in [6.45, 7) is 3.80. The van der Waals surface area contributed by atoms with E-state index in [1.165, 1.54) is 17.4 Å². The zero-order chi connectivity index (χ0) is 14.0. The van der Waals surface area contributed by atoms with E-state index in [9.17, 15) is 9.90 Å². The van der Waals surface area contributed by atoms with Crippen LogP contribution in [-0.4, -0.2) is 16.0 Å². The number of aromatic hydroxyl groups is 1. The zero-order valence-corrected chi connectivity index (χ0v) is 13.4. The molecule has 0 saturated carbocycles. The Labute approximate surface area is 129 Å². The normalized spacial score (nSPS) is 11.3. The van der Waals surface area contributed by atoms with Gasteiger partial charge in [-0.15, -0.1) is 11.3 Å². The summed E-state index contributed by atoms with van der Waals surface area (Å²) in [6.07, 6.45) is 1.71. The number of carbonyl (C=O) groups is 1. The van der Waals surface area contributed by atoms with Crippen molar-refractivity contribution in [3.63, 3.8) is 0 Å². The Kier molecular flexibility index (Phi) is 4.10. The van der Waals surface area contributed by atoms with Crippen LogP contribution in [0.1, 0.15) is 29.2 Å². The van der Waals surface area contributed by atoms with Gasteiger partial charge in [0.25, 0.3) is 5.91 Å². The quantitative estimate of drug-likeness (QED) is 0.795. The van der Waals surface area contributed by atoms with Gasteiger partial charge in [-0.1, -0.05) is 0 Å². The van der Waals surface area contributed by atoms with Gasteiger partial charge in [0.15, 0.2) is 0 Å². The number of hydrogen-bond donors (Lipinski definition) is 2. The van der Waals surface area contributed by atoms with Crippen molar-refractivity contribution in [1.82, 2.24) is 10.3 Å². The van der Waals surface area contributed by atoms with Crippen LogP contribution in [0.2, 0.25) is 0 Å². The largest absolute Gasteiger partial charge is 0.507 e. The first-order valence-electron chi connectivity index (χ1n) is 5.61. The van der Waals surface area contributed by atoms with Gasteiger partial charge in [-0.3, -0.25) is 4.79 Å². The number of phenolic OH excluding ortho intramolecular Hbond substituents is 1. The van der Waals surface area contributed by atoms with Crippen LogP contribution in [0.5, 0.6) is 5.75 Å². The summed E-state index contributed by atoms with van der Waals surface area (Å²) < 4.78 is 0.716. The maximum Gasteiger partial charge on any atom is 0.252 e. The van der Waals surface area contributed by atoms with Crippen LogP contribution in [-0.2, 0) is 5.54 Å². The van der Waals surface area contributed by atoms with E-state index in [1.54, 1.807) is 18.3 Å². The second-order valence-corrected chi connectivity index (χ2v) is 6.64. The Morgan fingerprint density at radius 3 is 2.79 bits per heavy atom. The van der Waals surface area contributed by atoms with Crippen molar-refractivity contribution in [1.29, 1.82) is 0 Å². The molecule has 2 aromatic rings. The summed E-state index contributed by atoms with van der Waals surface area (Å²) >= 11 is 3.51. The van der Waals surface area contributed by atoms with Crippen molar-refractivity contribution in [3.05, 3.63) is 43.9 Å². The molecule has 0 aliphatic rings. The molecule has 0 bridgehead atoms. The van der Waals surface area contributed by atoms with E-state index in [4.69, 9.17) is 0 Å². The average molecular weight is 388 g/mol. The summed E-state index contributed by atoms with van der Waals surface area (Å²) in [5, 5.41) is 15.3. The molecule has 0 aliphatic carbocycles. The average Bonchev–Trinajstić information content (AvgIpc) is 2.86. The van der Waals surface area contributed by atoms with E-state index in [0.29, 0.717) is 9.13 Å². The van der Waals surface area contributed by atoms with Crippen LogP contribution in [0.4, 0.5) is 0 Å². The van der Waals surface area contributed by atoms with Gasteiger partial charge in [-0.25, -0.2) is 4.98 Å². The zero-order valence-electron chi connectivity index (χ0n) is 10.5. The molecule has 100 valence electrons. The Bertz CT molecular complexity index is 597. The lowest BCUT2D eigenvalue weighted by atomic mass is 10.1. The maximum absolute atomic E-state index is 12.2. The van der Waals surface area contributed by atoms with Crippen LogP contribution in [0.25, 0.3) is 0 Å². The van der Waals surface area contributed by atoms with Crippen molar-refractivity contribution in [2.75, 3.05) is 0 Å². The molecule has 0 aliphatic heterocycles. The number of nitrogens with one attached hydrogen (secondary N) is 1. The third-order valence-corrected chi connectivity index (χ3v) is 4.61. The second-order valence-electron chi connectivity index (χ2n) is 4.58. The topological polar surface area (TPSA) is 62.2 Å². The predicted octanol–water partition coefficient (Wildman–Crippen LogP) is 3.12. The van der Waals surface area contributed by atoms with Crippen LogP contribution in [0.15, 0.2) is 29.8 Å². The highest BCUT2D eigenvalue weighted by Gasteiger charge is 2.26. The van der Waals surface area contributed by atoms with Gasteiger partial charge < -0.3 is 10.4 Å². The minimum atomic E-state index is -0.538. The number of carbonyl (C=O) groups excluding carboxylic acids is 1. The van der Waals surface area contributed by atoms with E-state index in [1.807, 2.05) is 41.8 Å². The molecule has 4 nitrogen and oxygen atoms in total. The molecule has 0 unspecified atom stereocenters. The fourth-order valence-electron chi connectivity index (χ4n) is 1.60. The molecule has 0 atom stereocenters. The highest BCUT2D eigenvalue weighted by molar-refractivity contribution is 14.1. The fourth-order valence-corrected chi connectivity index (χ4v) is 2.65. The summed E-state index contributed by atoms with van der Waals surface area (Å²) in [4.78, 5) is 16.4. The Hall–Kier alpha value is -1.15. The molecule has 0 radical (unpaired) electrons. The van der Waals surface area contributed by atoms with Crippen molar-refractivity contribution in [3.8, 4) is 5.75 Å². The van der Waals surface area contributed by atoms with Crippen molar-refractivity contribution >= 4 is 39.8 Å². The van der Waals surface area contributed by atoms with Crippen LogP contribution < -0.4 is 5.32 Å². The number of benzene rings is 1. The lowest BCUT2D eigenvalue weighted by Gasteiger charge is -2.23. The van der Waals surface area contributed by atoms with Crippen LogP contribution >= 0.6 is 33.9 Å². The van der Waals surface area contributed by atoms with E-state index in [-0.39, 0.29) is 11.7 Å². The number of nitrogens with zero attached hydrogens (tertiary/aromatic N) is 1. The predicted molar refractivity (Wildman–Crippen MR) is 83.4 cm³/mol. The molecule has 1 amide bonds. The summed E-state index contributed by atoms with van der Waals surface area (Å²) in [7, 11) is 0. The van der Waals surface area contributed by atoms with Gasteiger partial charge in [-0.05, 0) is 54.6 Å². The molecule has 1 aromatic heterocycles. The van der Waals surface area contributed by atoms with Gasteiger partial charge in [0, 0.05) is 17.1 Å². The third-order valence-electron chi connectivity index (χ3n) is 2.60. The molecule has 0 fully saturated rings. The molecule has 6 heteroatoms. The first-order chi connectivity index (χ1) is 8.90. The van der Waals surface area contributed by atoms with Gasteiger partial charge in [0.1, 0.15) is 10.8 Å². The van der Waals surface area contributed by atoms with Gasteiger partial charge in [0.05, 0.1) is 9.11 Å². The molecular formula is C13H13IN2O2S. The van der Waals surface area contributed by atoms with Crippen LogP contribution in [0.3, 0.4) is 0 Å². The van der Waals surface area contributed by atoms with E-state index in [2.05, 4.69) is 10.3 Å². The SMILES string of the molecule is CC(C)(NC(=O)c1ccc(I)c(O)c1)c1nccs1. The van der Waals surface area contributed by atoms with E-state index >= 15 is 0 Å². The van der Waals surface area contributed by atoms with Crippen molar-refractivity contribution in [2.45, 2.75) is 19.4 Å². The smallest absolute Gasteiger partial charge is 0.252 e. The van der Waals surface area contributed by atoms with Gasteiger partial charge >= 0.3 is 0 Å². The number of aromatic nitrogens is 1. The number of halogens is 1. The Morgan fingerprint density at radius 1 is 1.47 bits per heavy atom. The number of thiazole rings is 1. The van der Waals surface area contributed by atoms with E-state index in [0.717, 1.165) is 5.01 Å². The molecule has 1 heterocycles. The number of hydrogen-bond acceptors (Lipinski definition) is 4. The van der Waals surface area contributed by atoms with Crippen molar-refractivity contribution < 1.29 is 9.90 Å². The summed E-state index contributed by atoms with van der Waals surface area (Å²) in [5.74, 6) is -0.118. The fraction of sp³-hybridized carbons (Fsp3) is 0.231. The number of amides is 1. The first kappa shape index (κ1) is 14.3. The molecule has 1 aromatic carbocycles. The highest BCUT2D eigenvalue weighted by Crippen LogP contribution is 2.24. The minimum Gasteiger partial charge on any atom is -0.507 e. The molecule has 2 N–H and O–H groups in total. The second kappa shape index (κ2) is 5.46.